The van der Waals surface area contributed by atoms with Crippen molar-refractivity contribution in [3.05, 3.63) is 93.1 Å². The van der Waals surface area contributed by atoms with Crippen LogP contribution in [-0.2, 0) is 57.4 Å². The topological polar surface area (TPSA) is 196 Å². The zero-order chi connectivity index (χ0) is 48.3. The zero-order valence-corrected chi connectivity index (χ0v) is 40.2. The van der Waals surface area contributed by atoms with E-state index in [9.17, 15) is 48.1 Å². The minimum absolute atomic E-state index is 0. The Morgan fingerprint density at radius 3 is 1.40 bits per heavy atom. The number of aliphatic carboxylic acids is 2. The second-order valence-electron chi connectivity index (χ2n) is 17.8. The zero-order valence-electron chi connectivity index (χ0n) is 39.8. The van der Waals surface area contributed by atoms with E-state index in [-0.39, 0.29) is 74.6 Å². The fourth-order valence-electron chi connectivity index (χ4n) is 8.43. The summed E-state index contributed by atoms with van der Waals surface area (Å²) < 4.78 is 38.1. The van der Waals surface area contributed by atoms with Gasteiger partial charge in [0.1, 0.15) is 23.8 Å². The summed E-state index contributed by atoms with van der Waals surface area (Å²) in [5.74, 6) is -4.94. The number of carbonyl (C=O) groups excluding carboxylic acids is 4. The van der Waals surface area contributed by atoms with Gasteiger partial charge in [-0.25, -0.2) is 21.9 Å². The first-order valence-corrected chi connectivity index (χ1v) is 22.0. The second kappa shape index (κ2) is 27.2. The quantitative estimate of drug-likeness (QED) is 0.0516. The molecular weight excluding hydrogens is 855 g/mol. The number of carboxylic acid groups (broad SMARTS) is 2. The van der Waals surface area contributed by atoms with Crippen LogP contribution in [0.2, 0.25) is 0 Å². The number of nitrogens with zero attached hydrogens (tertiary/aromatic N) is 2. The maximum absolute atomic E-state index is 14.6. The molecule has 2 aromatic rings. The Labute approximate surface area is 399 Å². The van der Waals surface area contributed by atoms with Crippen LogP contribution < -0.4 is 5.11 Å². The smallest absolute Gasteiger partial charge is 1.00 e. The molecule has 2 aliphatic carbocycles. The number of ether oxygens (including phenoxy) is 2. The molecule has 2 saturated carbocycles. The molecular formula is C49H66F2MgN2O11. The standard InChI is InChI=1S/C24H32FNO4.C20H26FNO3.C5H8O4.Mg.H/c1-5-30-22(28)15-19(27)16-24(29,18-8-6-7-9-18)13-12-17-10-11-20(21(25)14-17)23(2,3)26-4;1-19(2,22-3)16-9-8-14(12-17(16)21)10-11-20(25,13-18(23)24)15-6-4-5-7-15;1-2-9-5(8)3-4(6)7;;/h10-11,14,18,29H,5-9,12-13,15-16H2,1-3H3;8-9,12,15,25H,4-7,10-11,13H2,1-2H3,(H,23,24);2-3H2,1H3,(H,6,7);;/q;;;+2;-1/p-1/t24-;20-;;;/m11.../s1. The van der Waals surface area contributed by atoms with Crippen LogP contribution in [0.5, 0.6) is 0 Å². The van der Waals surface area contributed by atoms with E-state index in [1.807, 2.05) is 0 Å². The Balaban J connectivity index is 0.00000106. The van der Waals surface area contributed by atoms with Gasteiger partial charge in [0.2, 0.25) is 0 Å². The number of Topliss-reactive ketones (excluding diaryl/α,β-unsaturated/α-hetero) is 1. The van der Waals surface area contributed by atoms with E-state index in [0.717, 1.165) is 51.4 Å². The summed E-state index contributed by atoms with van der Waals surface area (Å²) in [6.45, 7) is 24.8. The van der Waals surface area contributed by atoms with Gasteiger partial charge in [-0.2, -0.15) is 0 Å². The number of carboxylic acids is 2. The van der Waals surface area contributed by atoms with E-state index in [1.165, 1.54) is 12.1 Å². The molecule has 0 spiro atoms. The monoisotopic (exact) mass is 920 g/mol. The van der Waals surface area contributed by atoms with Crippen LogP contribution >= 0.6 is 0 Å². The Hall–Kier alpha value is -4.48. The number of aryl methyl sites for hydroxylation is 2. The summed E-state index contributed by atoms with van der Waals surface area (Å²) in [7, 11) is 0. The molecule has 0 unspecified atom stereocenters. The second-order valence-corrected chi connectivity index (χ2v) is 17.8. The molecule has 354 valence electrons. The summed E-state index contributed by atoms with van der Waals surface area (Å²) in [6, 6.07) is 9.61. The van der Waals surface area contributed by atoms with Crippen molar-refractivity contribution in [2.24, 2.45) is 11.8 Å². The SMILES string of the molecule is CCOC(=O)CC(=O)[O-].[C-]#[N+]C(C)(C)c1ccc(CC[C@@](O)(CC(=O)CC(=O)OCC)C2CCCC2)cc1F.[C-]#[N+]C(C)(C)c1ccc(CC[C@@](O)(CC(=O)O)C2CCCC2)cc1F.[H-].[Mg+2]. The number of aliphatic hydroxyl groups is 2. The van der Waals surface area contributed by atoms with Crippen molar-refractivity contribution in [3.8, 4) is 0 Å². The predicted octanol–water partition coefficient (Wildman–Crippen LogP) is 7.48. The van der Waals surface area contributed by atoms with Gasteiger partial charge in [-0.05, 0) is 112 Å². The van der Waals surface area contributed by atoms with Crippen LogP contribution in [0, 0.1) is 36.6 Å². The predicted molar refractivity (Wildman–Crippen MR) is 239 cm³/mol. The van der Waals surface area contributed by atoms with Crippen molar-refractivity contribution in [2.45, 2.75) is 167 Å². The molecule has 65 heavy (non-hydrogen) atoms. The molecule has 0 aliphatic heterocycles. The summed E-state index contributed by atoms with van der Waals surface area (Å²) in [6.07, 6.45) is 7.50. The number of ketones is 1. The number of rotatable bonds is 20. The van der Waals surface area contributed by atoms with Crippen molar-refractivity contribution < 1.29 is 64.1 Å². The van der Waals surface area contributed by atoms with Crippen LogP contribution in [0.4, 0.5) is 8.78 Å². The largest absolute Gasteiger partial charge is 2.00 e. The van der Waals surface area contributed by atoms with Crippen molar-refractivity contribution in [3.63, 3.8) is 0 Å². The summed E-state index contributed by atoms with van der Waals surface area (Å²) in [5.41, 5.74) is -2.20. The van der Waals surface area contributed by atoms with E-state index in [1.54, 1.807) is 65.8 Å². The number of benzene rings is 2. The van der Waals surface area contributed by atoms with Crippen LogP contribution in [0.1, 0.15) is 155 Å². The van der Waals surface area contributed by atoms with Gasteiger partial charge in [-0.1, -0.05) is 37.8 Å². The normalized spacial score (nSPS) is 15.8. The first-order chi connectivity index (χ1) is 29.9. The molecule has 0 aromatic heterocycles. The van der Waals surface area contributed by atoms with Crippen LogP contribution in [0.15, 0.2) is 36.4 Å². The van der Waals surface area contributed by atoms with E-state index >= 15 is 0 Å². The maximum atomic E-state index is 14.6. The number of esters is 2. The molecule has 0 heterocycles. The molecule has 2 atom stereocenters. The summed E-state index contributed by atoms with van der Waals surface area (Å²) in [4.78, 5) is 62.0. The number of hydrogen-bond donors (Lipinski definition) is 3. The van der Waals surface area contributed by atoms with E-state index in [4.69, 9.17) is 23.0 Å². The Morgan fingerprint density at radius 2 is 1.08 bits per heavy atom. The third kappa shape index (κ3) is 19.1. The van der Waals surface area contributed by atoms with Crippen LogP contribution in [0.3, 0.4) is 0 Å². The molecule has 2 aliphatic rings. The van der Waals surface area contributed by atoms with Crippen LogP contribution in [-0.4, -0.2) is 92.4 Å². The van der Waals surface area contributed by atoms with E-state index in [0.29, 0.717) is 47.9 Å². The van der Waals surface area contributed by atoms with Gasteiger partial charge in [0.25, 0.3) is 11.1 Å². The Bertz CT molecular complexity index is 2010. The molecule has 16 heteroatoms. The van der Waals surface area contributed by atoms with E-state index < -0.39 is 64.2 Å². The molecule has 0 amide bonds. The van der Waals surface area contributed by atoms with Gasteiger partial charge < -0.3 is 45.8 Å². The van der Waals surface area contributed by atoms with Gasteiger partial charge in [0, 0.05) is 34.1 Å². The number of halogens is 2. The van der Waals surface area contributed by atoms with E-state index in [2.05, 4.69) is 14.4 Å². The molecule has 13 nitrogen and oxygen atoms in total. The Morgan fingerprint density at radius 1 is 0.708 bits per heavy atom. The van der Waals surface area contributed by atoms with Gasteiger partial charge in [0.15, 0.2) is 0 Å². The number of carbonyl (C=O) groups is 5. The fraction of sp³-hybridized carbons (Fsp3) is 0.612. The van der Waals surface area contributed by atoms with Gasteiger partial charge in [-0.3, -0.25) is 19.2 Å². The molecule has 2 fully saturated rings. The molecule has 0 saturated heterocycles. The van der Waals surface area contributed by atoms with Crippen molar-refractivity contribution >= 4 is 52.7 Å². The third-order valence-electron chi connectivity index (χ3n) is 12.1. The molecule has 2 aromatic carbocycles. The fourth-order valence-corrected chi connectivity index (χ4v) is 8.43. The minimum atomic E-state index is -1.41. The molecule has 0 bridgehead atoms. The summed E-state index contributed by atoms with van der Waals surface area (Å²) in [5, 5.41) is 41.1. The van der Waals surface area contributed by atoms with Crippen molar-refractivity contribution in [1.29, 1.82) is 0 Å². The average Bonchev–Trinajstić information content (AvgIpc) is 3.97. The maximum Gasteiger partial charge on any atom is 2.00 e. The van der Waals surface area contributed by atoms with Crippen molar-refractivity contribution in [1.82, 2.24) is 0 Å². The third-order valence-corrected chi connectivity index (χ3v) is 12.1. The first-order valence-electron chi connectivity index (χ1n) is 22.0. The Kier molecular flexibility index (Phi) is 24.5. The average molecular weight is 921 g/mol. The van der Waals surface area contributed by atoms with Gasteiger partial charge in [-0.15, -0.1) is 0 Å². The first kappa shape index (κ1) is 58.5. The molecule has 0 radical (unpaired) electrons. The van der Waals surface area contributed by atoms with Crippen LogP contribution in [0.25, 0.3) is 9.69 Å². The molecule has 4 rings (SSSR count). The molecule has 3 N–H and O–H groups in total. The summed E-state index contributed by atoms with van der Waals surface area (Å²) >= 11 is 0. The number of hydrogen-bond acceptors (Lipinski definition) is 10. The minimum Gasteiger partial charge on any atom is -1.00 e. The van der Waals surface area contributed by atoms with Gasteiger partial charge in [0.05, 0.1) is 54.4 Å². The van der Waals surface area contributed by atoms with Gasteiger partial charge >= 0.3 is 41.0 Å². The van der Waals surface area contributed by atoms with Crippen molar-refractivity contribution in [2.75, 3.05) is 13.2 Å².